The Bertz CT molecular complexity index is 777. The number of aromatic nitrogens is 1. The molecule has 3 rings (SSSR count). The van der Waals surface area contributed by atoms with Crippen LogP contribution in [0.3, 0.4) is 0 Å². The minimum absolute atomic E-state index is 0.0284. The molecule has 24 heavy (non-hydrogen) atoms. The van der Waals surface area contributed by atoms with Crippen molar-refractivity contribution >= 4 is 22.8 Å². The maximum absolute atomic E-state index is 13.0. The van der Waals surface area contributed by atoms with Crippen LogP contribution in [0.25, 0.3) is 10.9 Å². The highest BCUT2D eigenvalue weighted by Gasteiger charge is 2.28. The number of amides is 1. The zero-order chi connectivity index (χ0) is 17.3. The van der Waals surface area contributed by atoms with Gasteiger partial charge in [0.05, 0.1) is 17.0 Å². The number of likely N-dealkylation sites (tertiary alicyclic amines) is 1. The Balaban J connectivity index is 1.93. The van der Waals surface area contributed by atoms with Crippen molar-refractivity contribution in [2.45, 2.75) is 32.6 Å². The fourth-order valence-corrected chi connectivity index (χ4v) is 3.17. The van der Waals surface area contributed by atoms with Crippen LogP contribution in [0.5, 0.6) is 0 Å². The highest BCUT2D eigenvalue weighted by atomic mass is 16.4. The van der Waals surface area contributed by atoms with E-state index in [1.807, 2.05) is 30.3 Å². The SMILES string of the molecule is CC(C)c1cc(C(=O)N2CCC(C(=O)O)CC2)c2ccccc2n1. The number of carboxylic acid groups (broad SMARTS) is 1. The summed E-state index contributed by atoms with van der Waals surface area (Å²) in [5, 5.41) is 9.96. The summed E-state index contributed by atoms with van der Waals surface area (Å²) in [6, 6.07) is 9.56. The smallest absolute Gasteiger partial charge is 0.306 e. The molecule has 5 heteroatoms. The number of para-hydroxylation sites is 1. The summed E-state index contributed by atoms with van der Waals surface area (Å²) in [4.78, 5) is 30.5. The van der Waals surface area contributed by atoms with Crippen molar-refractivity contribution in [3.63, 3.8) is 0 Å². The lowest BCUT2D eigenvalue weighted by Gasteiger charge is -2.30. The molecule has 0 radical (unpaired) electrons. The molecule has 2 heterocycles. The minimum Gasteiger partial charge on any atom is -0.481 e. The second-order valence-electron chi connectivity index (χ2n) is 6.67. The molecule has 0 bridgehead atoms. The predicted molar refractivity (Wildman–Crippen MR) is 92.1 cm³/mol. The van der Waals surface area contributed by atoms with Crippen LogP contribution in [0.15, 0.2) is 30.3 Å². The molecule has 0 saturated carbocycles. The zero-order valence-corrected chi connectivity index (χ0v) is 14.0. The third kappa shape index (κ3) is 3.11. The Labute approximate surface area is 141 Å². The van der Waals surface area contributed by atoms with Gasteiger partial charge in [-0.05, 0) is 30.9 Å². The van der Waals surface area contributed by atoms with Crippen molar-refractivity contribution in [3.05, 3.63) is 41.6 Å². The Kier molecular flexibility index (Phi) is 4.51. The van der Waals surface area contributed by atoms with Crippen LogP contribution < -0.4 is 0 Å². The molecule has 126 valence electrons. The molecule has 5 nitrogen and oxygen atoms in total. The summed E-state index contributed by atoms with van der Waals surface area (Å²) < 4.78 is 0. The monoisotopic (exact) mass is 326 g/mol. The average Bonchev–Trinajstić information content (AvgIpc) is 2.60. The molecule has 1 aliphatic rings. The van der Waals surface area contributed by atoms with Gasteiger partial charge in [0.15, 0.2) is 0 Å². The molecule has 1 saturated heterocycles. The molecule has 0 atom stereocenters. The number of hydrogen-bond acceptors (Lipinski definition) is 3. The van der Waals surface area contributed by atoms with Crippen molar-refractivity contribution < 1.29 is 14.7 Å². The second kappa shape index (κ2) is 6.59. The van der Waals surface area contributed by atoms with Crippen LogP contribution >= 0.6 is 0 Å². The van der Waals surface area contributed by atoms with Gasteiger partial charge in [0, 0.05) is 24.2 Å². The summed E-state index contributed by atoms with van der Waals surface area (Å²) in [6.45, 7) is 5.10. The number of rotatable bonds is 3. The van der Waals surface area contributed by atoms with Gasteiger partial charge >= 0.3 is 5.97 Å². The molecule has 1 aliphatic heterocycles. The van der Waals surface area contributed by atoms with E-state index in [-0.39, 0.29) is 17.7 Å². The van der Waals surface area contributed by atoms with Gasteiger partial charge in [0.1, 0.15) is 0 Å². The van der Waals surface area contributed by atoms with E-state index in [1.54, 1.807) is 4.90 Å². The van der Waals surface area contributed by atoms with Crippen molar-refractivity contribution in [2.24, 2.45) is 5.92 Å². The summed E-state index contributed by atoms with van der Waals surface area (Å²) >= 11 is 0. The highest BCUT2D eigenvalue weighted by Crippen LogP contribution is 2.25. The van der Waals surface area contributed by atoms with Crippen molar-refractivity contribution in [1.29, 1.82) is 0 Å². The lowest BCUT2D eigenvalue weighted by Crippen LogP contribution is -2.40. The van der Waals surface area contributed by atoms with Crippen LogP contribution in [-0.2, 0) is 4.79 Å². The lowest BCUT2D eigenvalue weighted by atomic mass is 9.95. The fourth-order valence-electron chi connectivity index (χ4n) is 3.17. The number of benzene rings is 1. The standard InChI is InChI=1S/C19H22N2O3/c1-12(2)17-11-15(14-5-3-4-6-16(14)20-17)18(22)21-9-7-13(8-10-21)19(23)24/h3-6,11-13H,7-10H2,1-2H3,(H,23,24). The van der Waals surface area contributed by atoms with E-state index >= 15 is 0 Å². The van der Waals surface area contributed by atoms with Crippen LogP contribution in [0.2, 0.25) is 0 Å². The summed E-state index contributed by atoms with van der Waals surface area (Å²) in [5.74, 6) is -0.897. The summed E-state index contributed by atoms with van der Waals surface area (Å²) in [6.07, 6.45) is 1.03. The molecule has 0 aliphatic carbocycles. The van der Waals surface area contributed by atoms with Crippen molar-refractivity contribution in [1.82, 2.24) is 9.88 Å². The van der Waals surface area contributed by atoms with Crippen LogP contribution in [-0.4, -0.2) is 40.0 Å². The molecule has 1 N–H and O–H groups in total. The van der Waals surface area contributed by atoms with Crippen molar-refractivity contribution in [2.75, 3.05) is 13.1 Å². The van der Waals surface area contributed by atoms with Gasteiger partial charge in [-0.1, -0.05) is 32.0 Å². The third-order valence-corrected chi connectivity index (χ3v) is 4.69. The van der Waals surface area contributed by atoms with E-state index in [4.69, 9.17) is 5.11 Å². The molecule has 2 aromatic rings. The van der Waals surface area contributed by atoms with Gasteiger partial charge in [-0.2, -0.15) is 0 Å². The zero-order valence-electron chi connectivity index (χ0n) is 14.0. The summed E-state index contributed by atoms with van der Waals surface area (Å²) in [5.41, 5.74) is 2.39. The topological polar surface area (TPSA) is 70.5 Å². The number of carbonyl (C=O) groups excluding carboxylic acids is 1. The number of hydrogen-bond donors (Lipinski definition) is 1. The van der Waals surface area contributed by atoms with Gasteiger partial charge in [0.2, 0.25) is 0 Å². The number of piperidine rings is 1. The number of carbonyl (C=O) groups is 2. The number of nitrogens with zero attached hydrogens (tertiary/aromatic N) is 2. The molecule has 0 unspecified atom stereocenters. The molecular formula is C19H22N2O3. The molecular weight excluding hydrogens is 304 g/mol. The number of aliphatic carboxylic acids is 1. The highest BCUT2D eigenvalue weighted by molar-refractivity contribution is 6.06. The molecule has 1 aromatic carbocycles. The van der Waals surface area contributed by atoms with Gasteiger partial charge in [-0.25, -0.2) is 0 Å². The largest absolute Gasteiger partial charge is 0.481 e. The predicted octanol–water partition coefficient (Wildman–Crippen LogP) is 3.30. The Hall–Kier alpha value is -2.43. The minimum atomic E-state index is -0.765. The second-order valence-corrected chi connectivity index (χ2v) is 6.67. The lowest BCUT2D eigenvalue weighted by molar-refractivity contribution is -0.143. The van der Waals surface area contributed by atoms with E-state index in [0.717, 1.165) is 16.6 Å². The number of fused-ring (bicyclic) bond motifs is 1. The maximum atomic E-state index is 13.0. The Morgan fingerprint density at radius 1 is 1.21 bits per heavy atom. The van der Waals surface area contributed by atoms with Gasteiger partial charge in [-0.15, -0.1) is 0 Å². The van der Waals surface area contributed by atoms with E-state index in [0.29, 0.717) is 31.5 Å². The van der Waals surface area contributed by atoms with E-state index in [9.17, 15) is 9.59 Å². The Morgan fingerprint density at radius 2 is 1.88 bits per heavy atom. The number of pyridine rings is 1. The van der Waals surface area contributed by atoms with Crippen molar-refractivity contribution in [3.8, 4) is 0 Å². The van der Waals surface area contributed by atoms with Crippen LogP contribution in [0, 0.1) is 5.92 Å². The quantitative estimate of drug-likeness (QED) is 0.939. The summed E-state index contributed by atoms with van der Waals surface area (Å²) in [7, 11) is 0. The first-order chi connectivity index (χ1) is 11.5. The van der Waals surface area contributed by atoms with E-state index in [1.165, 1.54) is 0 Å². The van der Waals surface area contributed by atoms with Crippen LogP contribution in [0.4, 0.5) is 0 Å². The molecule has 0 spiro atoms. The first-order valence-electron chi connectivity index (χ1n) is 8.39. The number of carboxylic acids is 1. The van der Waals surface area contributed by atoms with Crippen LogP contribution in [0.1, 0.15) is 48.7 Å². The van der Waals surface area contributed by atoms with Gasteiger partial charge < -0.3 is 10.0 Å². The normalized spacial score (nSPS) is 15.9. The van der Waals surface area contributed by atoms with E-state index in [2.05, 4.69) is 18.8 Å². The molecule has 1 amide bonds. The first-order valence-corrected chi connectivity index (χ1v) is 8.39. The van der Waals surface area contributed by atoms with Gasteiger partial charge in [0.25, 0.3) is 5.91 Å². The fraction of sp³-hybridized carbons (Fsp3) is 0.421. The van der Waals surface area contributed by atoms with E-state index < -0.39 is 5.97 Å². The average molecular weight is 326 g/mol. The third-order valence-electron chi connectivity index (χ3n) is 4.69. The Morgan fingerprint density at radius 3 is 2.50 bits per heavy atom. The molecule has 1 aromatic heterocycles. The molecule has 1 fully saturated rings. The first kappa shape index (κ1) is 16.4. The van der Waals surface area contributed by atoms with Gasteiger partial charge in [-0.3, -0.25) is 14.6 Å². The maximum Gasteiger partial charge on any atom is 0.306 e.